The highest BCUT2D eigenvalue weighted by Gasteiger charge is 1.97. The first-order valence-electron chi connectivity index (χ1n) is 5.06. The number of ketones is 1. The molecule has 0 aromatic heterocycles. The minimum absolute atomic E-state index is 0.218. The Morgan fingerprint density at radius 3 is 2.64 bits per heavy atom. The van der Waals surface area contributed by atoms with Gasteiger partial charge in [0.2, 0.25) is 0 Å². The molecule has 14 heavy (non-hydrogen) atoms. The van der Waals surface area contributed by atoms with Gasteiger partial charge in [-0.05, 0) is 24.5 Å². The topological polar surface area (TPSA) is 17.1 Å². The van der Waals surface area contributed by atoms with E-state index in [-0.39, 0.29) is 5.78 Å². The smallest absolute Gasteiger partial charge is 0.155 e. The summed E-state index contributed by atoms with van der Waals surface area (Å²) in [5.41, 5.74) is 1.23. The molecule has 0 saturated heterocycles. The summed E-state index contributed by atoms with van der Waals surface area (Å²) in [7, 11) is 0. The quantitative estimate of drug-likeness (QED) is 0.649. The van der Waals surface area contributed by atoms with Crippen molar-refractivity contribution in [3.05, 3.63) is 48.0 Å². The van der Waals surface area contributed by atoms with E-state index >= 15 is 0 Å². The van der Waals surface area contributed by atoms with Crippen LogP contribution >= 0.6 is 0 Å². The lowest BCUT2D eigenvalue weighted by molar-refractivity contribution is -0.114. The zero-order chi connectivity index (χ0) is 10.2. The van der Waals surface area contributed by atoms with Gasteiger partial charge in [0.1, 0.15) is 0 Å². The number of allylic oxidation sites excluding steroid dienone is 2. The van der Waals surface area contributed by atoms with Gasteiger partial charge in [0, 0.05) is 6.42 Å². The van der Waals surface area contributed by atoms with Crippen LogP contribution < -0.4 is 0 Å². The Kier molecular flexibility index (Phi) is 4.70. The van der Waals surface area contributed by atoms with Crippen LogP contribution in [0.2, 0.25) is 0 Å². The molecule has 0 unspecified atom stereocenters. The first kappa shape index (κ1) is 10.7. The van der Waals surface area contributed by atoms with Gasteiger partial charge in [-0.1, -0.05) is 43.3 Å². The van der Waals surface area contributed by atoms with Gasteiger partial charge in [0.15, 0.2) is 5.78 Å². The Balaban J connectivity index is 2.34. The van der Waals surface area contributed by atoms with E-state index in [1.165, 1.54) is 5.56 Å². The molecule has 1 aromatic carbocycles. The molecule has 0 heterocycles. The molecule has 0 fully saturated rings. The third-order valence-corrected chi connectivity index (χ3v) is 2.04. The number of hydrogen-bond donors (Lipinski definition) is 0. The molecule has 1 aromatic rings. The molecule has 0 saturated carbocycles. The summed E-state index contributed by atoms with van der Waals surface area (Å²) < 4.78 is 0. The third kappa shape index (κ3) is 4.04. The monoisotopic (exact) mass is 188 g/mol. The fourth-order valence-corrected chi connectivity index (χ4v) is 1.24. The maximum atomic E-state index is 11.3. The molecule has 0 aliphatic carbocycles. The van der Waals surface area contributed by atoms with Gasteiger partial charge in [-0.3, -0.25) is 4.79 Å². The molecule has 0 radical (unpaired) electrons. The van der Waals surface area contributed by atoms with Crippen molar-refractivity contribution in [1.82, 2.24) is 0 Å². The predicted molar refractivity (Wildman–Crippen MR) is 59.2 cm³/mol. The van der Waals surface area contributed by atoms with Gasteiger partial charge < -0.3 is 0 Å². The molecule has 0 atom stereocenters. The summed E-state index contributed by atoms with van der Waals surface area (Å²) >= 11 is 0. The number of benzene rings is 1. The van der Waals surface area contributed by atoms with E-state index in [1.807, 2.05) is 31.2 Å². The van der Waals surface area contributed by atoms with Gasteiger partial charge in [0.25, 0.3) is 0 Å². The molecule has 0 bridgehead atoms. The maximum absolute atomic E-state index is 11.3. The number of aryl methyl sites for hydroxylation is 1. The largest absolute Gasteiger partial charge is 0.295 e. The molecule has 1 rings (SSSR count). The van der Waals surface area contributed by atoms with Crippen LogP contribution in [0.25, 0.3) is 0 Å². The summed E-state index contributed by atoms with van der Waals surface area (Å²) in [6.45, 7) is 2.03. The number of carbonyl (C=O) groups is 1. The van der Waals surface area contributed by atoms with E-state index in [4.69, 9.17) is 0 Å². The van der Waals surface area contributed by atoms with Crippen LogP contribution in [0.4, 0.5) is 0 Å². The SMILES string of the molecule is CCC=CC(=O)CCc1ccccc1. The lowest BCUT2D eigenvalue weighted by atomic mass is 10.1. The molecule has 1 nitrogen and oxygen atoms in total. The van der Waals surface area contributed by atoms with E-state index in [2.05, 4.69) is 12.1 Å². The highest BCUT2D eigenvalue weighted by atomic mass is 16.1. The Morgan fingerprint density at radius 1 is 1.29 bits per heavy atom. The lowest BCUT2D eigenvalue weighted by Crippen LogP contribution is -1.95. The highest BCUT2D eigenvalue weighted by Crippen LogP contribution is 2.03. The Bertz CT molecular complexity index is 298. The van der Waals surface area contributed by atoms with Crippen molar-refractivity contribution in [2.24, 2.45) is 0 Å². The fraction of sp³-hybridized carbons (Fsp3) is 0.308. The van der Waals surface area contributed by atoms with Crippen LogP contribution in [0, 0.1) is 0 Å². The summed E-state index contributed by atoms with van der Waals surface area (Å²) in [4.78, 5) is 11.3. The second-order valence-corrected chi connectivity index (χ2v) is 3.26. The van der Waals surface area contributed by atoms with Crippen molar-refractivity contribution in [2.45, 2.75) is 26.2 Å². The van der Waals surface area contributed by atoms with E-state index in [9.17, 15) is 4.79 Å². The Labute approximate surface area is 85.5 Å². The number of hydrogen-bond acceptors (Lipinski definition) is 1. The van der Waals surface area contributed by atoms with E-state index in [0.29, 0.717) is 6.42 Å². The molecule has 0 amide bonds. The average molecular weight is 188 g/mol. The highest BCUT2D eigenvalue weighted by molar-refractivity contribution is 5.89. The minimum Gasteiger partial charge on any atom is -0.295 e. The van der Waals surface area contributed by atoms with Gasteiger partial charge in [-0.2, -0.15) is 0 Å². The number of carbonyl (C=O) groups excluding carboxylic acids is 1. The molecule has 74 valence electrons. The van der Waals surface area contributed by atoms with Crippen molar-refractivity contribution in [2.75, 3.05) is 0 Å². The van der Waals surface area contributed by atoms with E-state index < -0.39 is 0 Å². The van der Waals surface area contributed by atoms with Gasteiger partial charge >= 0.3 is 0 Å². The first-order chi connectivity index (χ1) is 6.83. The lowest BCUT2D eigenvalue weighted by Gasteiger charge is -1.97. The van der Waals surface area contributed by atoms with E-state index in [0.717, 1.165) is 12.8 Å². The van der Waals surface area contributed by atoms with Gasteiger partial charge in [0.05, 0.1) is 0 Å². The average Bonchev–Trinajstić information content (AvgIpc) is 2.25. The summed E-state index contributed by atoms with van der Waals surface area (Å²) in [6.07, 6.45) is 5.97. The molecule has 0 N–H and O–H groups in total. The van der Waals surface area contributed by atoms with Crippen LogP contribution in [0.15, 0.2) is 42.5 Å². The second kappa shape index (κ2) is 6.14. The zero-order valence-electron chi connectivity index (χ0n) is 8.57. The van der Waals surface area contributed by atoms with Gasteiger partial charge in [-0.25, -0.2) is 0 Å². The van der Waals surface area contributed by atoms with Crippen LogP contribution in [0.1, 0.15) is 25.3 Å². The minimum atomic E-state index is 0.218. The number of rotatable bonds is 5. The summed E-state index contributed by atoms with van der Waals surface area (Å²) in [5, 5.41) is 0. The normalized spacial score (nSPS) is 10.6. The fourth-order valence-electron chi connectivity index (χ4n) is 1.24. The van der Waals surface area contributed by atoms with Crippen LogP contribution in [-0.2, 0) is 11.2 Å². The zero-order valence-corrected chi connectivity index (χ0v) is 8.57. The van der Waals surface area contributed by atoms with Crippen LogP contribution in [-0.4, -0.2) is 5.78 Å². The van der Waals surface area contributed by atoms with Crippen molar-refractivity contribution < 1.29 is 4.79 Å². The summed E-state index contributed by atoms with van der Waals surface area (Å²) in [6, 6.07) is 10.1. The van der Waals surface area contributed by atoms with Gasteiger partial charge in [-0.15, -0.1) is 0 Å². The molecular weight excluding hydrogens is 172 g/mol. The van der Waals surface area contributed by atoms with Crippen molar-refractivity contribution in [1.29, 1.82) is 0 Å². The Hall–Kier alpha value is -1.37. The Morgan fingerprint density at radius 2 is 2.00 bits per heavy atom. The second-order valence-electron chi connectivity index (χ2n) is 3.26. The molecule has 0 aliphatic rings. The standard InChI is InChI=1S/C13H16O/c1-2-3-9-13(14)11-10-12-7-5-4-6-8-12/h3-9H,2,10-11H2,1H3. The molecule has 1 heteroatoms. The maximum Gasteiger partial charge on any atom is 0.155 e. The van der Waals surface area contributed by atoms with Crippen LogP contribution in [0.5, 0.6) is 0 Å². The third-order valence-electron chi connectivity index (χ3n) is 2.04. The van der Waals surface area contributed by atoms with Crippen molar-refractivity contribution in [3.63, 3.8) is 0 Å². The van der Waals surface area contributed by atoms with Crippen molar-refractivity contribution >= 4 is 5.78 Å². The predicted octanol–water partition coefficient (Wildman–Crippen LogP) is 3.15. The molecule has 0 aliphatic heterocycles. The molecular formula is C13H16O. The van der Waals surface area contributed by atoms with Crippen LogP contribution in [0.3, 0.4) is 0 Å². The first-order valence-corrected chi connectivity index (χ1v) is 5.06. The van der Waals surface area contributed by atoms with Crippen molar-refractivity contribution in [3.8, 4) is 0 Å². The molecule has 0 spiro atoms. The summed E-state index contributed by atoms with van der Waals surface area (Å²) in [5.74, 6) is 0.218. The van der Waals surface area contributed by atoms with E-state index in [1.54, 1.807) is 6.08 Å².